The van der Waals surface area contributed by atoms with Crippen molar-refractivity contribution in [3.05, 3.63) is 59.0 Å². The molecule has 3 aromatic heterocycles. The van der Waals surface area contributed by atoms with Crippen LogP contribution in [0.5, 0.6) is 0 Å². The molecule has 0 saturated heterocycles. The minimum Gasteiger partial charge on any atom is -0.461 e. The van der Waals surface area contributed by atoms with Crippen LogP contribution >= 0.6 is 11.3 Å². The van der Waals surface area contributed by atoms with E-state index >= 15 is 0 Å². The lowest BCUT2D eigenvalue weighted by Gasteiger charge is -2.03. The molecule has 0 aliphatic carbocycles. The average molecular weight is 396 g/mol. The molecule has 0 unspecified atom stereocenters. The molecular weight excluding hydrogens is 380 g/mol. The van der Waals surface area contributed by atoms with Crippen molar-refractivity contribution in [3.63, 3.8) is 0 Å². The number of carbonyl (C=O) groups excluding carboxylic acids is 2. The average Bonchev–Trinajstić information content (AvgIpc) is 3.45. The highest BCUT2D eigenvalue weighted by atomic mass is 32.1. The highest BCUT2D eigenvalue weighted by Crippen LogP contribution is 2.30. The summed E-state index contributed by atoms with van der Waals surface area (Å²) in [4.78, 5) is 29.2. The fourth-order valence-corrected chi connectivity index (χ4v) is 3.93. The Morgan fingerprint density at radius 2 is 2.04 bits per heavy atom. The Labute approximate surface area is 163 Å². The molecular formula is C20H16N2O5S. The summed E-state index contributed by atoms with van der Waals surface area (Å²) in [6.07, 6.45) is 1.78. The van der Waals surface area contributed by atoms with Crippen molar-refractivity contribution in [1.82, 2.24) is 10.1 Å². The number of fused-ring (bicyclic) bond motifs is 1. The summed E-state index contributed by atoms with van der Waals surface area (Å²) in [7, 11) is 0. The van der Waals surface area contributed by atoms with Crippen molar-refractivity contribution in [2.24, 2.45) is 0 Å². The fourth-order valence-electron chi connectivity index (χ4n) is 2.80. The molecule has 0 atom stereocenters. The number of aryl methyl sites for hydroxylation is 2. The maximum absolute atomic E-state index is 12.4. The van der Waals surface area contributed by atoms with Crippen molar-refractivity contribution in [1.29, 1.82) is 0 Å². The summed E-state index contributed by atoms with van der Waals surface area (Å²) < 4.78 is 16.4. The van der Waals surface area contributed by atoms with E-state index in [9.17, 15) is 9.59 Å². The molecule has 3 heterocycles. The highest BCUT2D eigenvalue weighted by Gasteiger charge is 2.18. The Bertz CT molecular complexity index is 1130. The zero-order valence-electron chi connectivity index (χ0n) is 15.0. The number of rotatable bonds is 7. The molecule has 0 spiro atoms. The molecule has 142 valence electrons. The summed E-state index contributed by atoms with van der Waals surface area (Å²) in [6.45, 7) is 1.62. The number of thiophene rings is 1. The number of furan rings is 1. The van der Waals surface area contributed by atoms with Gasteiger partial charge in [-0.1, -0.05) is 23.4 Å². The monoisotopic (exact) mass is 396 g/mol. The number of esters is 1. The van der Waals surface area contributed by atoms with Crippen LogP contribution in [0.3, 0.4) is 0 Å². The summed E-state index contributed by atoms with van der Waals surface area (Å²) in [5, 5.41) is 4.84. The fraction of sp³-hybridized carbons (Fsp3) is 0.200. The molecule has 7 nitrogen and oxygen atoms in total. The van der Waals surface area contributed by atoms with E-state index in [4.69, 9.17) is 13.7 Å². The maximum atomic E-state index is 12.4. The molecule has 0 aliphatic rings. The molecule has 0 saturated carbocycles. The van der Waals surface area contributed by atoms with Gasteiger partial charge in [0.2, 0.25) is 17.5 Å². The van der Waals surface area contributed by atoms with E-state index in [-0.39, 0.29) is 25.2 Å². The van der Waals surface area contributed by atoms with Gasteiger partial charge in [0.15, 0.2) is 12.4 Å². The van der Waals surface area contributed by atoms with Gasteiger partial charge in [-0.15, -0.1) is 11.3 Å². The predicted octanol–water partition coefficient (Wildman–Crippen LogP) is 4.21. The number of ether oxygens (including phenoxy) is 1. The zero-order valence-corrected chi connectivity index (χ0v) is 15.8. The molecule has 0 bridgehead atoms. The first-order valence-electron chi connectivity index (χ1n) is 8.65. The number of carbonyl (C=O) groups is 2. The van der Waals surface area contributed by atoms with E-state index in [1.165, 1.54) is 17.6 Å². The molecule has 8 heteroatoms. The highest BCUT2D eigenvalue weighted by molar-refractivity contribution is 7.21. The molecule has 4 aromatic rings. The lowest BCUT2D eigenvalue weighted by atomic mass is 10.1. The first kappa shape index (κ1) is 18.1. The van der Waals surface area contributed by atoms with E-state index in [2.05, 4.69) is 10.1 Å². The third-order valence-corrected chi connectivity index (χ3v) is 5.53. The van der Waals surface area contributed by atoms with Gasteiger partial charge in [0, 0.05) is 11.1 Å². The van der Waals surface area contributed by atoms with E-state index in [1.54, 1.807) is 12.1 Å². The van der Waals surface area contributed by atoms with Gasteiger partial charge in [0.25, 0.3) is 0 Å². The summed E-state index contributed by atoms with van der Waals surface area (Å²) in [6, 6.07) is 11.2. The van der Waals surface area contributed by atoms with E-state index < -0.39 is 5.97 Å². The topological polar surface area (TPSA) is 95.4 Å². The number of hydrogen-bond donors (Lipinski definition) is 0. The quantitative estimate of drug-likeness (QED) is 0.341. The number of nitrogens with zero attached hydrogens (tertiary/aromatic N) is 2. The lowest BCUT2D eigenvalue weighted by Crippen LogP contribution is -2.14. The van der Waals surface area contributed by atoms with Gasteiger partial charge >= 0.3 is 5.97 Å². The molecule has 0 amide bonds. The van der Waals surface area contributed by atoms with Crippen LogP contribution < -0.4 is 0 Å². The minimum absolute atomic E-state index is 0.0401. The van der Waals surface area contributed by atoms with E-state index in [0.717, 1.165) is 15.6 Å². The molecule has 4 rings (SSSR count). The van der Waals surface area contributed by atoms with Crippen LogP contribution in [0.2, 0.25) is 0 Å². The van der Waals surface area contributed by atoms with Crippen molar-refractivity contribution in [3.8, 4) is 11.6 Å². The van der Waals surface area contributed by atoms with Gasteiger partial charge in [-0.2, -0.15) is 4.98 Å². The van der Waals surface area contributed by atoms with Crippen LogP contribution in [0, 0.1) is 6.92 Å². The Morgan fingerprint density at radius 3 is 2.82 bits per heavy atom. The second-order valence-electron chi connectivity index (χ2n) is 6.13. The normalized spacial score (nSPS) is 11.0. The third-order valence-electron chi connectivity index (χ3n) is 4.21. The number of ketones is 1. The van der Waals surface area contributed by atoms with E-state index in [1.807, 2.05) is 31.2 Å². The SMILES string of the molecule is Cc1c(C(=O)COC(=O)CCc2nc(-c3ccco3)no2)sc2ccccc12. The largest absolute Gasteiger partial charge is 0.461 e. The van der Waals surface area contributed by atoms with Crippen LogP contribution in [-0.4, -0.2) is 28.5 Å². The van der Waals surface area contributed by atoms with Crippen molar-refractivity contribution in [2.45, 2.75) is 19.8 Å². The van der Waals surface area contributed by atoms with Crippen LogP contribution in [0.15, 0.2) is 51.6 Å². The third kappa shape index (κ3) is 3.72. The smallest absolute Gasteiger partial charge is 0.306 e. The predicted molar refractivity (Wildman–Crippen MR) is 102 cm³/mol. The van der Waals surface area contributed by atoms with Gasteiger partial charge in [-0.25, -0.2) is 0 Å². The van der Waals surface area contributed by atoms with Crippen molar-refractivity contribution < 1.29 is 23.3 Å². The van der Waals surface area contributed by atoms with Crippen LogP contribution in [-0.2, 0) is 16.0 Å². The van der Waals surface area contributed by atoms with Crippen LogP contribution in [0.25, 0.3) is 21.7 Å². The first-order valence-corrected chi connectivity index (χ1v) is 9.47. The number of hydrogen-bond acceptors (Lipinski definition) is 8. The van der Waals surface area contributed by atoms with Crippen LogP contribution in [0.1, 0.15) is 27.5 Å². The lowest BCUT2D eigenvalue weighted by molar-refractivity contribution is -0.142. The Kier molecular flexibility index (Phi) is 5.03. The molecule has 1 aromatic carbocycles. The van der Waals surface area contributed by atoms with Crippen LogP contribution in [0.4, 0.5) is 0 Å². The minimum atomic E-state index is -0.495. The Hall–Kier alpha value is -3.26. The van der Waals surface area contributed by atoms with Crippen molar-refractivity contribution in [2.75, 3.05) is 6.61 Å². The standard InChI is InChI=1S/C20H16N2O5S/c1-12-13-5-2-3-7-16(13)28-19(12)14(23)11-26-18(24)9-8-17-21-20(22-27-17)15-6-4-10-25-15/h2-7,10H,8-9,11H2,1H3. The Morgan fingerprint density at radius 1 is 1.18 bits per heavy atom. The summed E-state index contributed by atoms with van der Waals surface area (Å²) in [5.41, 5.74) is 0.915. The molecule has 0 fully saturated rings. The zero-order chi connectivity index (χ0) is 19.5. The molecule has 0 N–H and O–H groups in total. The van der Waals surface area contributed by atoms with Gasteiger partial charge in [-0.05, 0) is 36.1 Å². The van der Waals surface area contributed by atoms with Gasteiger partial charge in [-0.3, -0.25) is 9.59 Å². The first-order chi connectivity index (χ1) is 13.6. The molecule has 0 radical (unpaired) electrons. The second kappa shape index (κ2) is 7.77. The Balaban J connectivity index is 1.30. The van der Waals surface area contributed by atoms with Gasteiger partial charge in [0.1, 0.15) is 0 Å². The number of aromatic nitrogens is 2. The second-order valence-corrected chi connectivity index (χ2v) is 7.18. The van der Waals surface area contributed by atoms with E-state index in [0.29, 0.717) is 22.4 Å². The number of Topliss-reactive ketones (excluding diaryl/α,β-unsaturated/α-hetero) is 1. The molecule has 0 aliphatic heterocycles. The maximum Gasteiger partial charge on any atom is 0.306 e. The van der Waals surface area contributed by atoms with Gasteiger partial charge < -0.3 is 13.7 Å². The number of benzene rings is 1. The molecule has 28 heavy (non-hydrogen) atoms. The van der Waals surface area contributed by atoms with Gasteiger partial charge in [0.05, 0.1) is 17.6 Å². The summed E-state index contributed by atoms with van der Waals surface area (Å²) in [5.74, 6) is 0.412. The summed E-state index contributed by atoms with van der Waals surface area (Å²) >= 11 is 1.41. The van der Waals surface area contributed by atoms with Crippen molar-refractivity contribution >= 4 is 33.2 Å².